The van der Waals surface area contributed by atoms with E-state index in [1.165, 1.54) is 0 Å². The van der Waals surface area contributed by atoms with Crippen molar-refractivity contribution >= 4 is 27.9 Å². The van der Waals surface area contributed by atoms with Crippen LogP contribution in [0.3, 0.4) is 0 Å². The predicted molar refractivity (Wildman–Crippen MR) is 59.9 cm³/mol. The second-order valence-electron chi connectivity index (χ2n) is 4.32. The number of fused-ring (bicyclic) bond motifs is 2. The van der Waals surface area contributed by atoms with Crippen molar-refractivity contribution in [2.75, 3.05) is 0 Å². The molecule has 1 atom stereocenters. The SMILES string of the molecule is O=C1C[C@]2(CCc3cc(Br)ccc32)C(=O)O1. The molecule has 1 aliphatic carbocycles. The van der Waals surface area contributed by atoms with Crippen molar-refractivity contribution in [2.24, 2.45) is 0 Å². The maximum Gasteiger partial charge on any atom is 0.324 e. The van der Waals surface area contributed by atoms with Crippen LogP contribution in [0.5, 0.6) is 0 Å². The first-order valence-corrected chi connectivity index (χ1v) is 5.95. The average molecular weight is 281 g/mol. The standard InChI is InChI=1S/C12H9BrO3/c13-8-1-2-9-7(5-8)3-4-12(9)6-10(14)16-11(12)15/h1-2,5H,3-4,6H2/t12-/m0/s1. The van der Waals surface area contributed by atoms with Gasteiger partial charge in [-0.15, -0.1) is 0 Å². The summed E-state index contributed by atoms with van der Waals surface area (Å²) in [5.74, 6) is -0.778. The van der Waals surface area contributed by atoms with E-state index >= 15 is 0 Å². The first-order valence-electron chi connectivity index (χ1n) is 5.16. The van der Waals surface area contributed by atoms with Gasteiger partial charge in [-0.2, -0.15) is 0 Å². The van der Waals surface area contributed by atoms with Gasteiger partial charge in [-0.25, -0.2) is 0 Å². The van der Waals surface area contributed by atoms with E-state index in [-0.39, 0.29) is 12.4 Å². The lowest BCUT2D eigenvalue weighted by atomic mass is 9.80. The van der Waals surface area contributed by atoms with E-state index in [0.717, 1.165) is 22.0 Å². The Labute approximate surface area is 101 Å². The Morgan fingerprint density at radius 3 is 2.81 bits per heavy atom. The molecule has 0 N–H and O–H groups in total. The third kappa shape index (κ3) is 1.19. The summed E-state index contributed by atoms with van der Waals surface area (Å²) in [7, 11) is 0. The quantitative estimate of drug-likeness (QED) is 0.540. The number of aryl methyl sites for hydroxylation is 1. The van der Waals surface area contributed by atoms with E-state index in [4.69, 9.17) is 4.74 Å². The van der Waals surface area contributed by atoms with Crippen molar-refractivity contribution in [1.82, 2.24) is 0 Å². The molecule has 0 unspecified atom stereocenters. The van der Waals surface area contributed by atoms with E-state index in [9.17, 15) is 9.59 Å². The fourth-order valence-electron chi connectivity index (χ4n) is 2.67. The molecule has 2 aliphatic rings. The molecule has 1 aromatic rings. The smallest absolute Gasteiger partial charge is 0.324 e. The van der Waals surface area contributed by atoms with E-state index < -0.39 is 11.4 Å². The lowest BCUT2D eigenvalue weighted by Gasteiger charge is -2.17. The van der Waals surface area contributed by atoms with Crippen LogP contribution in [0, 0.1) is 0 Å². The molecule has 1 saturated heterocycles. The van der Waals surface area contributed by atoms with Crippen LogP contribution >= 0.6 is 15.9 Å². The van der Waals surface area contributed by atoms with Crippen LogP contribution in [0.1, 0.15) is 24.0 Å². The fraction of sp³-hybridized carbons (Fsp3) is 0.333. The van der Waals surface area contributed by atoms with Gasteiger partial charge in [0, 0.05) is 4.47 Å². The maximum absolute atomic E-state index is 11.8. The molecular formula is C12H9BrO3. The number of carbonyl (C=O) groups is 2. The van der Waals surface area contributed by atoms with Crippen molar-refractivity contribution < 1.29 is 14.3 Å². The maximum atomic E-state index is 11.8. The summed E-state index contributed by atoms with van der Waals surface area (Å²) in [4.78, 5) is 23.0. The lowest BCUT2D eigenvalue weighted by Crippen LogP contribution is -2.28. The minimum absolute atomic E-state index is 0.195. The third-order valence-corrected chi connectivity index (χ3v) is 3.94. The van der Waals surface area contributed by atoms with Gasteiger partial charge in [0.25, 0.3) is 0 Å². The molecule has 3 nitrogen and oxygen atoms in total. The number of carbonyl (C=O) groups excluding carboxylic acids is 2. The van der Waals surface area contributed by atoms with Crippen LogP contribution in [0.25, 0.3) is 0 Å². The highest BCUT2D eigenvalue weighted by atomic mass is 79.9. The zero-order valence-electron chi connectivity index (χ0n) is 8.46. The molecule has 0 saturated carbocycles. The largest absolute Gasteiger partial charge is 0.392 e. The van der Waals surface area contributed by atoms with Crippen molar-refractivity contribution in [3.05, 3.63) is 33.8 Å². The third-order valence-electron chi connectivity index (χ3n) is 3.45. The van der Waals surface area contributed by atoms with Crippen molar-refractivity contribution in [1.29, 1.82) is 0 Å². The predicted octanol–water partition coefficient (Wildman–Crippen LogP) is 2.11. The van der Waals surface area contributed by atoms with E-state index in [1.54, 1.807) is 0 Å². The number of cyclic esters (lactones) is 2. The minimum atomic E-state index is -0.687. The van der Waals surface area contributed by atoms with Gasteiger partial charge in [-0.05, 0) is 36.1 Å². The summed E-state index contributed by atoms with van der Waals surface area (Å²) >= 11 is 3.41. The van der Waals surface area contributed by atoms with E-state index in [1.807, 2.05) is 18.2 Å². The average Bonchev–Trinajstić information content (AvgIpc) is 2.70. The molecule has 16 heavy (non-hydrogen) atoms. The van der Waals surface area contributed by atoms with Crippen LogP contribution < -0.4 is 0 Å². The van der Waals surface area contributed by atoms with Gasteiger partial charge in [0.05, 0.1) is 6.42 Å². The van der Waals surface area contributed by atoms with Crippen molar-refractivity contribution in [3.63, 3.8) is 0 Å². The Morgan fingerprint density at radius 1 is 1.31 bits per heavy atom. The summed E-state index contributed by atoms with van der Waals surface area (Å²) in [5.41, 5.74) is 1.42. The molecule has 82 valence electrons. The Bertz CT molecular complexity index is 509. The fourth-order valence-corrected chi connectivity index (χ4v) is 3.08. The van der Waals surface area contributed by atoms with E-state index in [0.29, 0.717) is 6.42 Å². The van der Waals surface area contributed by atoms with Gasteiger partial charge in [0.1, 0.15) is 5.41 Å². The van der Waals surface area contributed by atoms with Gasteiger partial charge in [0.2, 0.25) is 0 Å². The number of hydrogen-bond acceptors (Lipinski definition) is 3. The molecule has 0 radical (unpaired) electrons. The summed E-state index contributed by atoms with van der Waals surface area (Å²) in [6.45, 7) is 0. The summed E-state index contributed by atoms with van der Waals surface area (Å²) in [6.07, 6.45) is 1.71. The summed E-state index contributed by atoms with van der Waals surface area (Å²) < 4.78 is 5.70. The Morgan fingerprint density at radius 2 is 2.12 bits per heavy atom. The zero-order valence-corrected chi connectivity index (χ0v) is 10.0. The first-order chi connectivity index (χ1) is 7.62. The van der Waals surface area contributed by atoms with Gasteiger partial charge in [-0.1, -0.05) is 22.0 Å². The number of halogens is 1. The Balaban J connectivity index is 2.15. The second-order valence-corrected chi connectivity index (χ2v) is 5.24. The molecule has 1 heterocycles. The molecule has 1 aromatic carbocycles. The number of benzene rings is 1. The van der Waals surface area contributed by atoms with Gasteiger partial charge < -0.3 is 4.74 Å². The number of esters is 2. The van der Waals surface area contributed by atoms with Crippen LogP contribution in [0.15, 0.2) is 22.7 Å². The highest BCUT2D eigenvalue weighted by Crippen LogP contribution is 2.46. The topological polar surface area (TPSA) is 43.4 Å². The number of rotatable bonds is 0. The first kappa shape index (κ1) is 10.0. The zero-order chi connectivity index (χ0) is 11.3. The van der Waals surface area contributed by atoms with E-state index in [2.05, 4.69) is 15.9 Å². The molecule has 0 bridgehead atoms. The normalized spacial score (nSPS) is 27.3. The second kappa shape index (κ2) is 3.17. The van der Waals surface area contributed by atoms with Gasteiger partial charge in [0.15, 0.2) is 0 Å². The van der Waals surface area contributed by atoms with Crippen LogP contribution in [0.4, 0.5) is 0 Å². The minimum Gasteiger partial charge on any atom is -0.392 e. The highest BCUT2D eigenvalue weighted by molar-refractivity contribution is 9.10. The van der Waals surface area contributed by atoms with Crippen LogP contribution in [-0.2, 0) is 26.2 Å². The van der Waals surface area contributed by atoms with Gasteiger partial charge in [-0.3, -0.25) is 9.59 Å². The molecule has 1 aliphatic heterocycles. The number of ether oxygens (including phenoxy) is 1. The summed E-state index contributed by atoms with van der Waals surface area (Å²) in [5, 5.41) is 0. The molecular weight excluding hydrogens is 272 g/mol. The Hall–Kier alpha value is -1.16. The van der Waals surface area contributed by atoms with Crippen LogP contribution in [-0.4, -0.2) is 11.9 Å². The molecule has 4 heteroatoms. The molecule has 1 spiro atoms. The molecule has 1 fully saturated rings. The van der Waals surface area contributed by atoms with Gasteiger partial charge >= 0.3 is 11.9 Å². The van der Waals surface area contributed by atoms with Crippen molar-refractivity contribution in [3.8, 4) is 0 Å². The molecule has 0 amide bonds. The lowest BCUT2D eigenvalue weighted by molar-refractivity contribution is -0.153. The monoisotopic (exact) mass is 280 g/mol. The molecule has 3 rings (SSSR count). The van der Waals surface area contributed by atoms with Crippen LogP contribution in [0.2, 0.25) is 0 Å². The highest BCUT2D eigenvalue weighted by Gasteiger charge is 2.53. The Kier molecular flexibility index (Phi) is 1.98. The number of hydrogen-bond donors (Lipinski definition) is 0. The van der Waals surface area contributed by atoms with Crippen molar-refractivity contribution in [2.45, 2.75) is 24.7 Å². The summed E-state index contributed by atoms with van der Waals surface area (Å²) in [6, 6.07) is 5.84. The molecule has 0 aromatic heterocycles.